The van der Waals surface area contributed by atoms with Gasteiger partial charge in [0.25, 0.3) is 5.91 Å². The lowest BCUT2D eigenvalue weighted by Gasteiger charge is -2.07. The fraction of sp³-hybridized carbons (Fsp3) is 0.462. The largest absolute Gasteiger partial charge is 0.388 e. The van der Waals surface area contributed by atoms with Gasteiger partial charge in [0, 0.05) is 45.6 Å². The van der Waals surface area contributed by atoms with Crippen LogP contribution in [0.15, 0.2) is 18.3 Å². The molecular weight excluding hydrogens is 260 g/mol. The van der Waals surface area contributed by atoms with Crippen molar-refractivity contribution >= 4 is 17.5 Å². The number of pyridine rings is 1. The first kappa shape index (κ1) is 15.9. The third-order valence-corrected chi connectivity index (χ3v) is 2.55. The van der Waals surface area contributed by atoms with Crippen molar-refractivity contribution in [2.75, 3.05) is 39.2 Å². The highest BCUT2D eigenvalue weighted by Crippen LogP contribution is 2.06. The Kier molecular flexibility index (Phi) is 7.05. The molecule has 3 N–H and O–H groups in total. The van der Waals surface area contributed by atoms with Gasteiger partial charge in [-0.2, -0.15) is 0 Å². The maximum absolute atomic E-state index is 11.8. The van der Waals surface area contributed by atoms with Crippen molar-refractivity contribution < 1.29 is 14.3 Å². The van der Waals surface area contributed by atoms with Crippen LogP contribution in [0.2, 0.25) is 0 Å². The van der Waals surface area contributed by atoms with Crippen molar-refractivity contribution in [3.63, 3.8) is 0 Å². The van der Waals surface area contributed by atoms with Crippen molar-refractivity contribution in [2.24, 2.45) is 0 Å². The van der Waals surface area contributed by atoms with E-state index in [-0.39, 0.29) is 24.8 Å². The molecule has 1 aromatic heterocycles. The van der Waals surface area contributed by atoms with E-state index in [9.17, 15) is 9.59 Å². The predicted molar refractivity (Wildman–Crippen MR) is 75.6 cm³/mol. The van der Waals surface area contributed by atoms with Gasteiger partial charge >= 0.3 is 0 Å². The van der Waals surface area contributed by atoms with Crippen LogP contribution in [-0.2, 0) is 9.53 Å². The lowest BCUT2D eigenvalue weighted by atomic mass is 10.3. The van der Waals surface area contributed by atoms with E-state index >= 15 is 0 Å². The molecule has 0 aromatic carbocycles. The summed E-state index contributed by atoms with van der Waals surface area (Å²) in [5, 5.41) is 8.25. The van der Waals surface area contributed by atoms with Gasteiger partial charge in [-0.25, -0.2) is 0 Å². The Hall–Kier alpha value is -2.15. The molecule has 7 nitrogen and oxygen atoms in total. The third kappa shape index (κ3) is 5.66. The van der Waals surface area contributed by atoms with E-state index in [0.717, 1.165) is 5.69 Å². The third-order valence-electron chi connectivity index (χ3n) is 2.55. The molecule has 0 spiro atoms. The first-order valence-electron chi connectivity index (χ1n) is 6.35. The minimum absolute atomic E-state index is 0.126. The van der Waals surface area contributed by atoms with Gasteiger partial charge in [0.05, 0.1) is 6.61 Å². The summed E-state index contributed by atoms with van der Waals surface area (Å²) < 4.78 is 4.82. The zero-order valence-corrected chi connectivity index (χ0v) is 11.7. The highest BCUT2D eigenvalue weighted by molar-refractivity contribution is 5.93. The van der Waals surface area contributed by atoms with Crippen LogP contribution in [0.3, 0.4) is 0 Å². The molecular formula is C13H20N4O3. The second-order valence-corrected chi connectivity index (χ2v) is 4.03. The van der Waals surface area contributed by atoms with Crippen molar-refractivity contribution in [1.82, 2.24) is 15.6 Å². The summed E-state index contributed by atoms with van der Waals surface area (Å²) >= 11 is 0. The molecule has 2 amide bonds. The number of anilines is 1. The van der Waals surface area contributed by atoms with E-state index in [1.165, 1.54) is 0 Å². The highest BCUT2D eigenvalue weighted by Gasteiger charge is 2.08. The fourth-order valence-corrected chi connectivity index (χ4v) is 1.47. The molecule has 1 heterocycles. The molecule has 0 aliphatic rings. The molecule has 0 atom stereocenters. The Morgan fingerprint density at radius 1 is 1.30 bits per heavy atom. The molecule has 7 heteroatoms. The molecule has 0 fully saturated rings. The smallest absolute Gasteiger partial charge is 0.269 e. The zero-order chi connectivity index (χ0) is 14.8. The average Bonchev–Trinajstić information content (AvgIpc) is 2.47. The molecule has 0 aliphatic heterocycles. The number of hydrogen-bond acceptors (Lipinski definition) is 5. The van der Waals surface area contributed by atoms with Gasteiger partial charge in [-0.3, -0.25) is 14.6 Å². The molecule has 1 rings (SSSR count). The van der Waals surface area contributed by atoms with E-state index < -0.39 is 0 Å². The Morgan fingerprint density at radius 2 is 2.10 bits per heavy atom. The van der Waals surface area contributed by atoms with Gasteiger partial charge in [0.1, 0.15) is 5.69 Å². The summed E-state index contributed by atoms with van der Waals surface area (Å²) in [6.07, 6.45) is 1.78. The Morgan fingerprint density at radius 3 is 2.80 bits per heavy atom. The Bertz CT molecular complexity index is 451. The number of amides is 2. The number of nitrogens with one attached hydrogen (secondary N) is 3. The van der Waals surface area contributed by atoms with E-state index in [4.69, 9.17) is 4.74 Å². The van der Waals surface area contributed by atoms with Gasteiger partial charge in [-0.1, -0.05) is 0 Å². The van der Waals surface area contributed by atoms with Crippen LogP contribution in [0.1, 0.15) is 16.9 Å². The van der Waals surface area contributed by atoms with Gasteiger partial charge in [-0.05, 0) is 12.1 Å². The lowest BCUT2D eigenvalue weighted by Crippen LogP contribution is -2.32. The van der Waals surface area contributed by atoms with Crippen LogP contribution in [-0.4, -0.2) is 50.7 Å². The first-order valence-corrected chi connectivity index (χ1v) is 6.35. The molecule has 0 saturated heterocycles. The molecule has 0 aliphatic carbocycles. The molecule has 0 bridgehead atoms. The monoisotopic (exact) mass is 280 g/mol. The molecule has 0 unspecified atom stereocenters. The number of ether oxygens (including phenoxy) is 1. The van der Waals surface area contributed by atoms with Crippen LogP contribution in [0.4, 0.5) is 5.69 Å². The van der Waals surface area contributed by atoms with Crippen molar-refractivity contribution in [3.05, 3.63) is 24.0 Å². The SMILES string of the molecule is CNc1ccnc(C(=O)NCCC(=O)NCCOC)c1. The summed E-state index contributed by atoms with van der Waals surface area (Å²) in [4.78, 5) is 27.2. The van der Waals surface area contributed by atoms with E-state index in [1.54, 1.807) is 32.5 Å². The molecule has 110 valence electrons. The molecule has 0 radical (unpaired) electrons. The van der Waals surface area contributed by atoms with E-state index in [1.807, 2.05) is 0 Å². The van der Waals surface area contributed by atoms with Crippen molar-refractivity contribution in [2.45, 2.75) is 6.42 Å². The number of nitrogens with zero attached hydrogens (tertiary/aromatic N) is 1. The normalized spacial score (nSPS) is 9.90. The summed E-state index contributed by atoms with van der Waals surface area (Å²) in [6, 6.07) is 3.41. The predicted octanol–water partition coefficient (Wildman–Crippen LogP) is 0.00580. The second kappa shape index (κ2) is 8.87. The van der Waals surface area contributed by atoms with Crippen LogP contribution < -0.4 is 16.0 Å². The molecule has 0 saturated carbocycles. The van der Waals surface area contributed by atoms with Crippen LogP contribution in [0, 0.1) is 0 Å². The lowest BCUT2D eigenvalue weighted by molar-refractivity contribution is -0.121. The van der Waals surface area contributed by atoms with Gasteiger partial charge in [-0.15, -0.1) is 0 Å². The highest BCUT2D eigenvalue weighted by atomic mass is 16.5. The van der Waals surface area contributed by atoms with Crippen LogP contribution in [0.5, 0.6) is 0 Å². The summed E-state index contributed by atoms with van der Waals surface area (Å²) in [5.74, 6) is -0.425. The van der Waals surface area contributed by atoms with Crippen LogP contribution in [0.25, 0.3) is 0 Å². The average molecular weight is 280 g/mol. The zero-order valence-electron chi connectivity index (χ0n) is 11.7. The molecule has 20 heavy (non-hydrogen) atoms. The summed E-state index contributed by atoms with van der Waals surface area (Å²) in [6.45, 7) is 1.21. The summed E-state index contributed by atoms with van der Waals surface area (Å²) in [5.41, 5.74) is 1.12. The topological polar surface area (TPSA) is 92.4 Å². The number of carbonyl (C=O) groups is 2. The van der Waals surface area contributed by atoms with Gasteiger partial charge in [0.2, 0.25) is 5.91 Å². The number of carbonyl (C=O) groups excluding carboxylic acids is 2. The van der Waals surface area contributed by atoms with Gasteiger partial charge in [0.15, 0.2) is 0 Å². The van der Waals surface area contributed by atoms with Crippen molar-refractivity contribution in [1.29, 1.82) is 0 Å². The maximum atomic E-state index is 11.8. The summed E-state index contributed by atoms with van der Waals surface area (Å²) in [7, 11) is 3.33. The molecule has 1 aromatic rings. The van der Waals surface area contributed by atoms with Crippen LogP contribution >= 0.6 is 0 Å². The Balaban J connectivity index is 2.30. The minimum Gasteiger partial charge on any atom is -0.388 e. The number of aromatic nitrogens is 1. The van der Waals surface area contributed by atoms with Crippen molar-refractivity contribution in [3.8, 4) is 0 Å². The fourth-order valence-electron chi connectivity index (χ4n) is 1.47. The number of hydrogen-bond donors (Lipinski definition) is 3. The quantitative estimate of drug-likeness (QED) is 0.583. The van der Waals surface area contributed by atoms with E-state index in [0.29, 0.717) is 18.8 Å². The minimum atomic E-state index is -0.299. The Labute approximate surface area is 118 Å². The standard InChI is InChI=1S/C13H20N4O3/c1-14-10-3-5-15-11(9-10)13(19)17-6-4-12(18)16-7-8-20-2/h3,5,9H,4,6-8H2,1-2H3,(H,14,15)(H,16,18)(H,17,19). The number of methoxy groups -OCH3 is 1. The van der Waals surface area contributed by atoms with Gasteiger partial charge < -0.3 is 20.7 Å². The second-order valence-electron chi connectivity index (χ2n) is 4.03. The number of rotatable bonds is 8. The maximum Gasteiger partial charge on any atom is 0.269 e. The first-order chi connectivity index (χ1) is 9.67. The van der Waals surface area contributed by atoms with E-state index in [2.05, 4.69) is 20.9 Å².